The number of nitrogens with zero attached hydrogens (tertiary/aromatic N) is 1. The minimum absolute atomic E-state index is 0.0479. The number of nitrogens with one attached hydrogen (secondary N) is 1. The maximum atomic E-state index is 12.1. The molecule has 1 heterocycles. The van der Waals surface area contributed by atoms with Crippen LogP contribution in [0.5, 0.6) is 0 Å². The molecule has 1 amide bonds. The van der Waals surface area contributed by atoms with Crippen LogP contribution in [0.4, 0.5) is 5.69 Å². The number of benzene rings is 2. The quantitative estimate of drug-likeness (QED) is 0.662. The summed E-state index contributed by atoms with van der Waals surface area (Å²) < 4.78 is 28.7. The highest BCUT2D eigenvalue weighted by Crippen LogP contribution is 2.27. The van der Waals surface area contributed by atoms with Crippen LogP contribution in [0.3, 0.4) is 0 Å². The fourth-order valence-corrected chi connectivity index (χ4v) is 3.51. The van der Waals surface area contributed by atoms with Gasteiger partial charge in [0.15, 0.2) is 15.4 Å². The SMILES string of the molecule is CS(=O)(=O)c1ccc(Cl)c(NC(=O)CSc2nc3ccccc3o2)c1. The molecule has 0 fully saturated rings. The molecule has 0 spiro atoms. The standard InChI is InChI=1S/C16H13ClN2O4S2/c1-25(21,22)10-6-7-11(17)13(8-10)18-15(20)9-24-16-19-12-4-2-3-5-14(12)23-16/h2-8H,9H2,1H3,(H,18,20). The lowest BCUT2D eigenvalue weighted by Gasteiger charge is -2.08. The zero-order chi connectivity index (χ0) is 18.0. The maximum Gasteiger partial charge on any atom is 0.257 e. The van der Waals surface area contributed by atoms with Gasteiger partial charge in [0.2, 0.25) is 5.91 Å². The highest BCUT2D eigenvalue weighted by Gasteiger charge is 2.14. The first-order valence-electron chi connectivity index (χ1n) is 7.11. The van der Waals surface area contributed by atoms with Gasteiger partial charge >= 0.3 is 0 Å². The van der Waals surface area contributed by atoms with E-state index in [1.54, 1.807) is 6.07 Å². The second kappa shape index (κ2) is 7.07. The van der Waals surface area contributed by atoms with Crippen LogP contribution in [-0.4, -0.2) is 31.3 Å². The van der Waals surface area contributed by atoms with Crippen LogP contribution in [-0.2, 0) is 14.6 Å². The number of hydrogen-bond acceptors (Lipinski definition) is 6. The Morgan fingerprint density at radius 3 is 2.76 bits per heavy atom. The summed E-state index contributed by atoms with van der Waals surface area (Å²) in [7, 11) is -3.39. The number of carbonyl (C=O) groups is 1. The Morgan fingerprint density at radius 2 is 2.04 bits per heavy atom. The van der Waals surface area contributed by atoms with Crippen molar-refractivity contribution in [3.8, 4) is 0 Å². The Bertz CT molecular complexity index is 1010. The largest absolute Gasteiger partial charge is 0.431 e. The van der Waals surface area contributed by atoms with Gasteiger partial charge in [0, 0.05) is 6.26 Å². The van der Waals surface area contributed by atoms with Gasteiger partial charge < -0.3 is 9.73 Å². The molecule has 3 aromatic rings. The van der Waals surface area contributed by atoms with Crippen molar-refractivity contribution >= 4 is 55.9 Å². The number of anilines is 1. The molecule has 130 valence electrons. The molecule has 25 heavy (non-hydrogen) atoms. The van der Waals surface area contributed by atoms with Crippen LogP contribution in [0.1, 0.15) is 0 Å². The smallest absolute Gasteiger partial charge is 0.257 e. The summed E-state index contributed by atoms with van der Waals surface area (Å²) in [6.07, 6.45) is 1.09. The van der Waals surface area contributed by atoms with E-state index in [0.717, 1.165) is 18.0 Å². The fraction of sp³-hybridized carbons (Fsp3) is 0.125. The Hall–Kier alpha value is -2.03. The molecule has 6 nitrogen and oxygen atoms in total. The molecular weight excluding hydrogens is 384 g/mol. The number of rotatable bonds is 5. The Balaban J connectivity index is 1.68. The zero-order valence-electron chi connectivity index (χ0n) is 13.0. The molecule has 0 saturated heterocycles. The summed E-state index contributed by atoms with van der Waals surface area (Å²) in [6, 6.07) is 11.5. The van der Waals surface area contributed by atoms with E-state index in [1.165, 1.54) is 18.2 Å². The maximum absolute atomic E-state index is 12.1. The molecule has 0 saturated carbocycles. The number of halogens is 1. The van der Waals surface area contributed by atoms with E-state index in [2.05, 4.69) is 10.3 Å². The minimum Gasteiger partial charge on any atom is -0.431 e. The molecule has 3 rings (SSSR count). The number of carbonyl (C=O) groups excluding carboxylic acids is 1. The fourth-order valence-electron chi connectivity index (χ4n) is 2.06. The van der Waals surface area contributed by atoms with E-state index in [-0.39, 0.29) is 27.3 Å². The molecule has 2 aromatic carbocycles. The van der Waals surface area contributed by atoms with Gasteiger partial charge in [-0.3, -0.25) is 4.79 Å². The molecule has 0 bridgehead atoms. The molecule has 0 radical (unpaired) electrons. The molecular formula is C16H13ClN2O4S2. The second-order valence-electron chi connectivity index (χ2n) is 5.20. The van der Waals surface area contributed by atoms with E-state index < -0.39 is 9.84 Å². The third kappa shape index (κ3) is 4.33. The third-order valence-corrected chi connectivity index (χ3v) is 5.51. The van der Waals surface area contributed by atoms with Crippen LogP contribution in [0.25, 0.3) is 11.1 Å². The third-order valence-electron chi connectivity index (χ3n) is 3.24. The van der Waals surface area contributed by atoms with Crippen molar-refractivity contribution in [1.82, 2.24) is 4.98 Å². The van der Waals surface area contributed by atoms with Crippen molar-refractivity contribution < 1.29 is 17.6 Å². The summed E-state index contributed by atoms with van der Waals surface area (Å²) in [5.41, 5.74) is 1.61. The van der Waals surface area contributed by atoms with Crippen molar-refractivity contribution in [3.05, 3.63) is 47.5 Å². The highest BCUT2D eigenvalue weighted by molar-refractivity contribution is 7.99. The number of para-hydroxylation sites is 2. The van der Waals surface area contributed by atoms with Crippen LogP contribution >= 0.6 is 23.4 Å². The molecule has 0 aliphatic heterocycles. The van der Waals surface area contributed by atoms with Crippen LogP contribution in [0.2, 0.25) is 5.02 Å². The first-order valence-corrected chi connectivity index (χ1v) is 10.4. The van der Waals surface area contributed by atoms with Gasteiger partial charge in [-0.1, -0.05) is 35.5 Å². The molecule has 1 N–H and O–H groups in total. The predicted octanol–water partition coefficient (Wildman–Crippen LogP) is 3.62. The van der Waals surface area contributed by atoms with Gasteiger partial charge in [-0.15, -0.1) is 0 Å². The first kappa shape index (κ1) is 17.8. The van der Waals surface area contributed by atoms with Gasteiger partial charge in [0.1, 0.15) is 5.52 Å². The number of aromatic nitrogens is 1. The van der Waals surface area contributed by atoms with Crippen molar-refractivity contribution in [3.63, 3.8) is 0 Å². The van der Waals surface area contributed by atoms with Crippen molar-refractivity contribution in [1.29, 1.82) is 0 Å². The number of sulfone groups is 1. The molecule has 0 aliphatic carbocycles. The van der Waals surface area contributed by atoms with E-state index >= 15 is 0 Å². The second-order valence-corrected chi connectivity index (χ2v) is 8.55. The van der Waals surface area contributed by atoms with E-state index in [9.17, 15) is 13.2 Å². The normalized spacial score (nSPS) is 11.6. The number of amides is 1. The van der Waals surface area contributed by atoms with Crippen molar-refractivity contribution in [2.75, 3.05) is 17.3 Å². The Kier molecular flexibility index (Phi) is 5.03. The number of hydrogen-bond donors (Lipinski definition) is 1. The van der Waals surface area contributed by atoms with Crippen LogP contribution < -0.4 is 5.32 Å². The zero-order valence-corrected chi connectivity index (χ0v) is 15.4. The van der Waals surface area contributed by atoms with E-state index in [1.807, 2.05) is 18.2 Å². The average molecular weight is 397 g/mol. The molecule has 0 aliphatic rings. The topological polar surface area (TPSA) is 89.3 Å². The minimum atomic E-state index is -3.39. The van der Waals surface area contributed by atoms with Gasteiger partial charge in [0.25, 0.3) is 5.22 Å². The van der Waals surface area contributed by atoms with E-state index in [4.69, 9.17) is 16.0 Å². The summed E-state index contributed by atoms with van der Waals surface area (Å²) >= 11 is 7.15. The highest BCUT2D eigenvalue weighted by atomic mass is 35.5. The van der Waals surface area contributed by atoms with E-state index in [0.29, 0.717) is 16.3 Å². The monoisotopic (exact) mass is 396 g/mol. The Morgan fingerprint density at radius 1 is 1.28 bits per heavy atom. The van der Waals surface area contributed by atoms with Crippen molar-refractivity contribution in [2.24, 2.45) is 0 Å². The van der Waals surface area contributed by atoms with Gasteiger partial charge in [-0.05, 0) is 30.3 Å². The van der Waals surface area contributed by atoms with Gasteiger partial charge in [-0.2, -0.15) is 0 Å². The number of oxazole rings is 1. The summed E-state index contributed by atoms with van der Waals surface area (Å²) in [6.45, 7) is 0. The number of thioether (sulfide) groups is 1. The lowest BCUT2D eigenvalue weighted by molar-refractivity contribution is -0.113. The van der Waals surface area contributed by atoms with Crippen LogP contribution in [0, 0.1) is 0 Å². The van der Waals surface area contributed by atoms with Gasteiger partial charge in [0.05, 0.1) is 21.4 Å². The molecule has 1 aromatic heterocycles. The van der Waals surface area contributed by atoms with Crippen LogP contribution in [0.15, 0.2) is 57.0 Å². The molecule has 0 unspecified atom stereocenters. The predicted molar refractivity (Wildman–Crippen MR) is 97.9 cm³/mol. The summed E-state index contributed by atoms with van der Waals surface area (Å²) in [4.78, 5) is 16.5. The summed E-state index contributed by atoms with van der Waals surface area (Å²) in [5.74, 6) is -0.300. The first-order chi connectivity index (χ1) is 11.8. The molecule has 0 atom stereocenters. The lowest BCUT2D eigenvalue weighted by atomic mass is 10.3. The lowest BCUT2D eigenvalue weighted by Crippen LogP contribution is -2.14. The molecule has 9 heteroatoms. The number of fused-ring (bicyclic) bond motifs is 1. The van der Waals surface area contributed by atoms with Gasteiger partial charge in [-0.25, -0.2) is 13.4 Å². The Labute approximate surface area is 153 Å². The van der Waals surface area contributed by atoms with Crippen molar-refractivity contribution in [2.45, 2.75) is 10.1 Å². The summed E-state index contributed by atoms with van der Waals surface area (Å²) in [5, 5.41) is 3.24. The average Bonchev–Trinajstić information content (AvgIpc) is 2.97.